The van der Waals surface area contributed by atoms with Crippen molar-refractivity contribution in [1.82, 2.24) is 4.31 Å². The summed E-state index contributed by atoms with van der Waals surface area (Å²) in [6, 6.07) is 23.8. The molecule has 0 aliphatic rings. The van der Waals surface area contributed by atoms with Crippen LogP contribution < -0.4 is 10.1 Å². The summed E-state index contributed by atoms with van der Waals surface area (Å²) >= 11 is 0. The van der Waals surface area contributed by atoms with Crippen LogP contribution in [0.5, 0.6) is 5.75 Å². The van der Waals surface area contributed by atoms with E-state index in [-0.39, 0.29) is 17.4 Å². The molecule has 0 saturated heterocycles. The van der Waals surface area contributed by atoms with Crippen LogP contribution in [0.15, 0.2) is 83.8 Å². The van der Waals surface area contributed by atoms with Crippen molar-refractivity contribution in [3.8, 4) is 16.9 Å². The molecule has 0 radical (unpaired) electrons. The van der Waals surface area contributed by atoms with Gasteiger partial charge in [-0.1, -0.05) is 56.3 Å². The molecule has 3 aromatic carbocycles. The molecule has 0 saturated carbocycles. The molecular formula is C26H30N2O4S. The number of carbonyl (C=O) groups excluding carboxylic acids is 1. The van der Waals surface area contributed by atoms with Gasteiger partial charge in [0, 0.05) is 18.8 Å². The van der Waals surface area contributed by atoms with E-state index in [0.29, 0.717) is 24.5 Å². The molecule has 0 spiro atoms. The molecule has 0 atom stereocenters. The molecule has 7 heteroatoms. The Labute approximate surface area is 196 Å². The molecule has 0 aliphatic heterocycles. The summed E-state index contributed by atoms with van der Waals surface area (Å²) in [7, 11) is -3.54. The zero-order valence-corrected chi connectivity index (χ0v) is 19.8. The first-order valence-corrected chi connectivity index (χ1v) is 12.6. The molecule has 174 valence electrons. The number of amides is 1. The topological polar surface area (TPSA) is 75.7 Å². The Bertz CT molecular complexity index is 1120. The van der Waals surface area contributed by atoms with E-state index in [1.54, 1.807) is 12.1 Å². The molecule has 0 fully saturated rings. The van der Waals surface area contributed by atoms with Gasteiger partial charge in [-0.25, -0.2) is 8.42 Å². The fraction of sp³-hybridized carbons (Fsp3) is 0.269. The number of sulfonamides is 1. The molecule has 0 unspecified atom stereocenters. The van der Waals surface area contributed by atoms with Crippen molar-refractivity contribution in [2.45, 2.75) is 31.6 Å². The summed E-state index contributed by atoms with van der Waals surface area (Å²) in [6.45, 7) is 4.73. The van der Waals surface area contributed by atoms with Gasteiger partial charge in [-0.2, -0.15) is 4.31 Å². The number of hydrogen-bond donors (Lipinski definition) is 1. The monoisotopic (exact) mass is 466 g/mol. The lowest BCUT2D eigenvalue weighted by Crippen LogP contribution is -2.32. The number of ether oxygens (including phenoxy) is 1. The van der Waals surface area contributed by atoms with E-state index < -0.39 is 10.0 Å². The van der Waals surface area contributed by atoms with Gasteiger partial charge in [0.1, 0.15) is 5.75 Å². The Hall–Kier alpha value is -3.16. The maximum Gasteiger partial charge on any atom is 0.262 e. The van der Waals surface area contributed by atoms with Crippen molar-refractivity contribution < 1.29 is 17.9 Å². The summed E-state index contributed by atoms with van der Waals surface area (Å²) in [4.78, 5) is 12.5. The molecule has 3 aromatic rings. The van der Waals surface area contributed by atoms with Crippen LogP contribution in [-0.4, -0.2) is 38.3 Å². The van der Waals surface area contributed by atoms with Crippen LogP contribution in [0, 0.1) is 0 Å². The van der Waals surface area contributed by atoms with E-state index in [9.17, 15) is 13.2 Å². The number of nitrogens with zero attached hydrogens (tertiary/aromatic N) is 1. The predicted molar refractivity (Wildman–Crippen MR) is 132 cm³/mol. The normalized spacial score (nSPS) is 11.4. The van der Waals surface area contributed by atoms with Gasteiger partial charge in [-0.05, 0) is 60.4 Å². The van der Waals surface area contributed by atoms with Gasteiger partial charge in [-0.15, -0.1) is 0 Å². The highest BCUT2D eigenvalue weighted by Crippen LogP contribution is 2.22. The molecule has 1 amide bonds. The van der Waals surface area contributed by atoms with E-state index in [0.717, 1.165) is 24.0 Å². The molecular weight excluding hydrogens is 436 g/mol. The van der Waals surface area contributed by atoms with E-state index in [4.69, 9.17) is 4.74 Å². The first-order chi connectivity index (χ1) is 15.9. The van der Waals surface area contributed by atoms with Crippen molar-refractivity contribution in [1.29, 1.82) is 0 Å². The molecule has 0 aliphatic carbocycles. The number of nitrogens with one attached hydrogen (secondary N) is 1. The Kier molecular flexibility index (Phi) is 8.63. The van der Waals surface area contributed by atoms with Gasteiger partial charge >= 0.3 is 0 Å². The highest BCUT2D eigenvalue weighted by Gasteiger charge is 2.22. The lowest BCUT2D eigenvalue weighted by atomic mass is 10.1. The first-order valence-electron chi connectivity index (χ1n) is 11.1. The maximum atomic E-state index is 12.8. The predicted octanol–water partition coefficient (Wildman–Crippen LogP) is 5.18. The summed E-state index contributed by atoms with van der Waals surface area (Å²) in [5, 5.41) is 2.74. The summed E-state index contributed by atoms with van der Waals surface area (Å²) in [5.74, 6) is 0.273. The van der Waals surface area contributed by atoms with Crippen LogP contribution in [0.25, 0.3) is 11.1 Å². The van der Waals surface area contributed by atoms with Crippen LogP contribution in [0.1, 0.15) is 26.7 Å². The maximum absolute atomic E-state index is 12.8. The highest BCUT2D eigenvalue weighted by molar-refractivity contribution is 7.89. The van der Waals surface area contributed by atoms with E-state index in [2.05, 4.69) is 5.32 Å². The van der Waals surface area contributed by atoms with E-state index in [1.165, 1.54) is 16.4 Å². The second kappa shape index (κ2) is 11.6. The summed E-state index contributed by atoms with van der Waals surface area (Å²) in [6.07, 6.45) is 1.50. The number of rotatable bonds is 11. The minimum atomic E-state index is -3.54. The fourth-order valence-electron chi connectivity index (χ4n) is 3.43. The van der Waals surface area contributed by atoms with Gasteiger partial charge in [0.2, 0.25) is 10.0 Å². The number of hydrogen-bond acceptors (Lipinski definition) is 4. The van der Waals surface area contributed by atoms with Crippen molar-refractivity contribution in [2.75, 3.05) is 25.0 Å². The molecule has 3 rings (SSSR count). The van der Waals surface area contributed by atoms with Gasteiger partial charge in [0.05, 0.1) is 4.90 Å². The lowest BCUT2D eigenvalue weighted by Gasteiger charge is -2.21. The SMILES string of the molecule is CCCN(CCC)S(=O)(=O)c1ccc(NC(=O)COc2ccc(-c3ccccc3)cc2)cc1. The largest absolute Gasteiger partial charge is 0.484 e. The average Bonchev–Trinajstić information content (AvgIpc) is 2.84. The third-order valence-corrected chi connectivity index (χ3v) is 6.97. The van der Waals surface area contributed by atoms with Crippen molar-refractivity contribution >= 4 is 21.6 Å². The molecule has 0 bridgehead atoms. The van der Waals surface area contributed by atoms with Crippen LogP contribution >= 0.6 is 0 Å². The first kappa shape index (κ1) is 24.5. The zero-order valence-electron chi connectivity index (χ0n) is 19.0. The van der Waals surface area contributed by atoms with Crippen LogP contribution in [0.3, 0.4) is 0 Å². The van der Waals surface area contributed by atoms with Gasteiger partial charge in [-0.3, -0.25) is 4.79 Å². The molecule has 33 heavy (non-hydrogen) atoms. The van der Waals surface area contributed by atoms with Crippen LogP contribution in [0.2, 0.25) is 0 Å². The Morgan fingerprint density at radius 3 is 1.97 bits per heavy atom. The average molecular weight is 467 g/mol. The van der Waals surface area contributed by atoms with E-state index in [1.807, 2.05) is 68.4 Å². The Morgan fingerprint density at radius 2 is 1.39 bits per heavy atom. The fourth-order valence-corrected chi connectivity index (χ4v) is 5.05. The number of anilines is 1. The Morgan fingerprint density at radius 1 is 0.818 bits per heavy atom. The van der Waals surface area contributed by atoms with E-state index >= 15 is 0 Å². The molecule has 0 aromatic heterocycles. The second-order valence-electron chi connectivity index (χ2n) is 7.66. The summed E-state index contributed by atoms with van der Waals surface area (Å²) < 4.78 is 32.8. The van der Waals surface area contributed by atoms with Crippen molar-refractivity contribution in [3.05, 3.63) is 78.9 Å². The molecule has 6 nitrogen and oxygen atoms in total. The number of carbonyl (C=O) groups is 1. The van der Waals surface area contributed by atoms with Crippen LogP contribution in [0.4, 0.5) is 5.69 Å². The van der Waals surface area contributed by atoms with Crippen molar-refractivity contribution in [2.24, 2.45) is 0 Å². The van der Waals surface area contributed by atoms with Crippen molar-refractivity contribution in [3.63, 3.8) is 0 Å². The third-order valence-electron chi connectivity index (χ3n) is 5.05. The van der Waals surface area contributed by atoms with Gasteiger partial charge in [0.15, 0.2) is 6.61 Å². The standard InChI is InChI=1S/C26H30N2O4S/c1-3-18-28(19-4-2)33(30,31)25-16-12-23(13-17-25)27-26(29)20-32-24-14-10-22(11-15-24)21-8-6-5-7-9-21/h5-17H,3-4,18-20H2,1-2H3,(H,27,29). The third kappa shape index (κ3) is 6.66. The Balaban J connectivity index is 1.55. The minimum Gasteiger partial charge on any atom is -0.484 e. The van der Waals surface area contributed by atoms with Gasteiger partial charge < -0.3 is 10.1 Å². The van der Waals surface area contributed by atoms with Gasteiger partial charge in [0.25, 0.3) is 5.91 Å². The molecule has 1 N–H and O–H groups in total. The zero-order chi connectivity index (χ0) is 23.7. The second-order valence-corrected chi connectivity index (χ2v) is 9.59. The lowest BCUT2D eigenvalue weighted by molar-refractivity contribution is -0.118. The van der Waals surface area contributed by atoms with Crippen LogP contribution in [-0.2, 0) is 14.8 Å². The quantitative estimate of drug-likeness (QED) is 0.422. The molecule has 0 heterocycles. The summed E-state index contributed by atoms with van der Waals surface area (Å²) in [5.41, 5.74) is 2.69. The number of benzene rings is 3. The highest BCUT2D eigenvalue weighted by atomic mass is 32.2. The smallest absolute Gasteiger partial charge is 0.262 e. The minimum absolute atomic E-state index is 0.147.